The molecule has 200 valence electrons. The molecule has 5 atom stereocenters. The molecule has 0 spiro atoms. The zero-order valence-electron chi connectivity index (χ0n) is 20.6. The normalized spacial score (nSPS) is 24.2. The fraction of sp³-hybridized carbons (Fsp3) is 0.545. The van der Waals surface area contributed by atoms with E-state index in [2.05, 4.69) is 24.9 Å². The Labute approximate surface area is 211 Å². The minimum absolute atomic E-state index is 0.0227. The lowest BCUT2D eigenvalue weighted by Crippen LogP contribution is -2.45. The summed E-state index contributed by atoms with van der Waals surface area (Å²) in [6, 6.07) is 3.92. The molecule has 0 aliphatic carbocycles. The highest BCUT2D eigenvalue weighted by Gasteiger charge is 2.58. The molecular weight excluding hydrogens is 492 g/mol. The quantitative estimate of drug-likeness (QED) is 0.269. The van der Waals surface area contributed by atoms with Gasteiger partial charge in [0.2, 0.25) is 18.3 Å². The van der Waals surface area contributed by atoms with Crippen LogP contribution in [0.4, 0.5) is 10.6 Å². The summed E-state index contributed by atoms with van der Waals surface area (Å²) in [7, 11) is 0. The summed E-state index contributed by atoms with van der Waals surface area (Å²) in [4.78, 5) is 39.1. The van der Waals surface area contributed by atoms with Crippen molar-refractivity contribution in [1.82, 2.24) is 14.6 Å². The molecule has 0 aromatic carbocycles. The first-order chi connectivity index (χ1) is 17.3. The van der Waals surface area contributed by atoms with Crippen molar-refractivity contribution in [2.75, 3.05) is 18.7 Å². The fourth-order valence-electron chi connectivity index (χ4n) is 3.57. The Kier molecular flexibility index (Phi) is 7.98. The molecule has 15 heteroatoms. The van der Waals surface area contributed by atoms with Gasteiger partial charge in [-0.2, -0.15) is 10.4 Å². The maximum absolute atomic E-state index is 12.6. The van der Waals surface area contributed by atoms with Crippen molar-refractivity contribution in [2.45, 2.75) is 57.6 Å². The van der Waals surface area contributed by atoms with E-state index in [4.69, 9.17) is 15.2 Å². The molecule has 5 N–H and O–H groups in total. The van der Waals surface area contributed by atoms with Crippen LogP contribution in [0, 0.1) is 16.7 Å². The van der Waals surface area contributed by atoms with Gasteiger partial charge in [0, 0.05) is 6.92 Å². The molecular formula is C22H28N6O9. The first-order valence-corrected chi connectivity index (χ1v) is 11.1. The van der Waals surface area contributed by atoms with Crippen molar-refractivity contribution in [3.8, 4) is 6.07 Å². The number of amides is 1. The number of hydrogen-bond acceptors (Lipinski definition) is 13. The monoisotopic (exact) mass is 520 g/mol. The second-order valence-electron chi connectivity index (χ2n) is 9.36. The van der Waals surface area contributed by atoms with Crippen molar-refractivity contribution in [2.24, 2.45) is 11.1 Å². The first-order valence-electron chi connectivity index (χ1n) is 11.1. The van der Waals surface area contributed by atoms with E-state index in [0.717, 1.165) is 13.3 Å². The topological polar surface area (TPSA) is 221 Å². The number of carbonyl (C=O) groups is 3. The number of hydrogen-bond donors (Lipinski definition) is 4. The number of carbonyl (C=O) groups excluding carboxylic acids is 3. The molecule has 1 aliphatic rings. The lowest BCUT2D eigenvalue weighted by molar-refractivity contribution is -0.151. The molecule has 0 radical (unpaired) electrons. The molecule has 2 aromatic heterocycles. The van der Waals surface area contributed by atoms with Crippen LogP contribution in [0.1, 0.15) is 33.4 Å². The summed E-state index contributed by atoms with van der Waals surface area (Å²) in [5.41, 5.74) is 3.66. The Hall–Kier alpha value is -3.84. The molecule has 0 bridgehead atoms. The molecule has 0 saturated carbocycles. The summed E-state index contributed by atoms with van der Waals surface area (Å²) in [6.07, 6.45) is -4.85. The van der Waals surface area contributed by atoms with Crippen LogP contribution < -0.4 is 11.1 Å². The third-order valence-corrected chi connectivity index (χ3v) is 5.72. The molecule has 1 aliphatic heterocycles. The Bertz CT molecular complexity index is 1220. The van der Waals surface area contributed by atoms with Gasteiger partial charge in [-0.05, 0) is 17.5 Å². The minimum atomic E-state index is -2.13. The molecule has 15 nitrogen and oxygen atoms in total. The van der Waals surface area contributed by atoms with E-state index in [0.29, 0.717) is 0 Å². The van der Waals surface area contributed by atoms with Crippen LogP contribution in [0.25, 0.3) is 5.52 Å². The van der Waals surface area contributed by atoms with E-state index in [1.807, 2.05) is 26.8 Å². The Morgan fingerprint density at radius 1 is 1.30 bits per heavy atom. The van der Waals surface area contributed by atoms with Crippen LogP contribution in [-0.2, 0) is 34.1 Å². The molecule has 3 heterocycles. The van der Waals surface area contributed by atoms with E-state index >= 15 is 0 Å². The second-order valence-corrected chi connectivity index (χ2v) is 9.36. The lowest BCUT2D eigenvalue weighted by atomic mass is 9.87. The fourth-order valence-corrected chi connectivity index (χ4v) is 3.57. The summed E-state index contributed by atoms with van der Waals surface area (Å²) in [5, 5.41) is 38.1. The van der Waals surface area contributed by atoms with Gasteiger partial charge in [-0.1, -0.05) is 20.8 Å². The number of aromatic nitrogens is 3. The summed E-state index contributed by atoms with van der Waals surface area (Å²) in [6.45, 7) is 5.27. The highest BCUT2D eigenvalue weighted by Crippen LogP contribution is 2.40. The van der Waals surface area contributed by atoms with Gasteiger partial charge in [0.05, 0.1) is 11.7 Å². The number of nitriles is 1. The minimum Gasteiger partial charge on any atom is -0.431 e. The number of anilines is 1. The maximum Gasteiger partial charge on any atom is 0.511 e. The molecule has 37 heavy (non-hydrogen) atoms. The molecule has 1 fully saturated rings. The van der Waals surface area contributed by atoms with Crippen molar-refractivity contribution < 1.29 is 43.5 Å². The number of ether oxygens (including phenoxy) is 4. The summed E-state index contributed by atoms with van der Waals surface area (Å²) in [5.74, 6) is -1.06. The van der Waals surface area contributed by atoms with Crippen molar-refractivity contribution in [1.29, 1.82) is 5.26 Å². The predicted octanol–water partition coefficient (Wildman–Crippen LogP) is -0.446. The predicted molar refractivity (Wildman–Crippen MR) is 122 cm³/mol. The summed E-state index contributed by atoms with van der Waals surface area (Å²) >= 11 is 0. The standard InChI is InChI=1S/C22H28N6O9/c1-11(29)35-10-36-20(33)34-7-13-15(30)17(31)22(8-23,37-13)14-6-5-12-18(25-9-26-28(12)14)27-19(32)16(24)21(2,3)4/h5-6,9,13,15-17,30-31H,7,10,24H2,1-4H3,(H,25,26,27,32)/t13-,15-,16-,17-,22+/m1/s1. The van der Waals surface area contributed by atoms with Gasteiger partial charge in [0.15, 0.2) is 5.82 Å². The molecule has 0 unspecified atom stereocenters. The van der Waals surface area contributed by atoms with Gasteiger partial charge >= 0.3 is 12.1 Å². The van der Waals surface area contributed by atoms with Crippen molar-refractivity contribution in [3.05, 3.63) is 24.2 Å². The highest BCUT2D eigenvalue weighted by atomic mass is 16.8. The zero-order chi connectivity index (χ0) is 27.5. The third kappa shape index (κ3) is 5.62. The van der Waals surface area contributed by atoms with Crippen LogP contribution in [0.2, 0.25) is 0 Å². The van der Waals surface area contributed by atoms with Gasteiger partial charge in [0.1, 0.15) is 42.8 Å². The highest BCUT2D eigenvalue weighted by molar-refractivity contribution is 5.97. The first kappa shape index (κ1) is 27.7. The number of nitrogens with zero attached hydrogens (tertiary/aromatic N) is 4. The smallest absolute Gasteiger partial charge is 0.431 e. The molecule has 3 rings (SSSR count). The second kappa shape index (κ2) is 10.6. The van der Waals surface area contributed by atoms with Crippen molar-refractivity contribution >= 4 is 29.4 Å². The van der Waals surface area contributed by atoms with E-state index < -0.39 is 66.8 Å². The van der Waals surface area contributed by atoms with Crippen LogP contribution in [0.5, 0.6) is 0 Å². The largest absolute Gasteiger partial charge is 0.511 e. The van der Waals surface area contributed by atoms with E-state index in [-0.39, 0.29) is 17.0 Å². The van der Waals surface area contributed by atoms with Gasteiger partial charge in [0.25, 0.3) is 0 Å². The number of nitrogens with one attached hydrogen (secondary N) is 1. The van der Waals surface area contributed by atoms with E-state index in [1.165, 1.54) is 16.6 Å². The molecule has 2 aromatic rings. The maximum atomic E-state index is 12.6. The Morgan fingerprint density at radius 3 is 2.62 bits per heavy atom. The van der Waals surface area contributed by atoms with Crippen LogP contribution in [-0.4, -0.2) is 80.6 Å². The van der Waals surface area contributed by atoms with Crippen LogP contribution in [0.3, 0.4) is 0 Å². The number of nitrogens with two attached hydrogens (primary N) is 1. The van der Waals surface area contributed by atoms with Gasteiger partial charge in [-0.25, -0.2) is 14.3 Å². The lowest BCUT2D eigenvalue weighted by Gasteiger charge is -2.26. The third-order valence-electron chi connectivity index (χ3n) is 5.72. The SMILES string of the molecule is CC(=O)OCOC(=O)OC[C@H]1O[C@@](C#N)(c2ccc3c(NC(=O)[C@@H](N)C(C)(C)C)ncnn23)[C@H](O)[C@@H]1O. The number of fused-ring (bicyclic) bond motifs is 1. The van der Waals surface area contributed by atoms with Crippen LogP contribution in [0.15, 0.2) is 18.5 Å². The number of rotatable bonds is 7. The Balaban J connectivity index is 1.82. The van der Waals surface area contributed by atoms with Gasteiger partial charge in [-0.3, -0.25) is 9.59 Å². The zero-order valence-corrected chi connectivity index (χ0v) is 20.6. The number of aliphatic hydroxyl groups is 2. The number of esters is 1. The summed E-state index contributed by atoms with van der Waals surface area (Å²) < 4.78 is 20.7. The molecule has 1 saturated heterocycles. The van der Waals surface area contributed by atoms with Gasteiger partial charge in [-0.15, -0.1) is 0 Å². The number of aliphatic hydroxyl groups excluding tert-OH is 2. The van der Waals surface area contributed by atoms with Crippen molar-refractivity contribution in [3.63, 3.8) is 0 Å². The van der Waals surface area contributed by atoms with E-state index in [1.54, 1.807) is 0 Å². The Morgan fingerprint density at radius 2 is 2.00 bits per heavy atom. The van der Waals surface area contributed by atoms with Crippen LogP contribution >= 0.6 is 0 Å². The molecule has 1 amide bonds. The average molecular weight is 520 g/mol. The van der Waals surface area contributed by atoms with Gasteiger partial charge < -0.3 is 40.2 Å². The average Bonchev–Trinajstić information content (AvgIpc) is 3.37. The van der Waals surface area contributed by atoms with E-state index in [9.17, 15) is 29.9 Å².